The van der Waals surface area contributed by atoms with Crippen LogP contribution in [0.2, 0.25) is 0 Å². The molecule has 0 aliphatic heterocycles. The molecule has 0 spiro atoms. The lowest BCUT2D eigenvalue weighted by Gasteiger charge is -2.27. The predicted molar refractivity (Wildman–Crippen MR) is 82.1 cm³/mol. The fraction of sp³-hybridized carbons (Fsp3) is 0.647. The molecular formula is C17H27NO2. The second-order valence-electron chi connectivity index (χ2n) is 5.78. The lowest BCUT2D eigenvalue weighted by molar-refractivity contribution is 0.134. The molecule has 1 aliphatic carbocycles. The van der Waals surface area contributed by atoms with Crippen molar-refractivity contribution in [3.05, 3.63) is 29.8 Å². The van der Waals surface area contributed by atoms with E-state index in [0.717, 1.165) is 31.4 Å². The van der Waals surface area contributed by atoms with E-state index < -0.39 is 0 Å². The second kappa shape index (κ2) is 8.28. The molecule has 20 heavy (non-hydrogen) atoms. The second-order valence-corrected chi connectivity index (χ2v) is 5.78. The van der Waals surface area contributed by atoms with E-state index in [2.05, 4.69) is 36.5 Å². The number of hydrogen-bond acceptors (Lipinski definition) is 3. The van der Waals surface area contributed by atoms with Crippen LogP contribution >= 0.6 is 0 Å². The maximum Gasteiger partial charge on any atom is 0.124 e. The van der Waals surface area contributed by atoms with Gasteiger partial charge >= 0.3 is 0 Å². The van der Waals surface area contributed by atoms with Crippen LogP contribution in [0, 0.1) is 5.92 Å². The van der Waals surface area contributed by atoms with Gasteiger partial charge in [0.2, 0.25) is 0 Å². The third kappa shape index (κ3) is 4.80. The number of ether oxygens (including phenoxy) is 2. The van der Waals surface area contributed by atoms with Crippen molar-refractivity contribution in [1.82, 2.24) is 5.32 Å². The number of benzene rings is 1. The SMILES string of the molecule is COCCNCc1ccccc1OC1CCC(C)CC1. The van der Waals surface area contributed by atoms with Crippen LogP contribution in [-0.2, 0) is 11.3 Å². The highest BCUT2D eigenvalue weighted by Gasteiger charge is 2.20. The van der Waals surface area contributed by atoms with Crippen molar-refractivity contribution in [2.24, 2.45) is 5.92 Å². The van der Waals surface area contributed by atoms with Crippen molar-refractivity contribution in [3.8, 4) is 5.75 Å². The fourth-order valence-electron chi connectivity index (χ4n) is 2.69. The van der Waals surface area contributed by atoms with Crippen LogP contribution in [0.5, 0.6) is 5.75 Å². The maximum atomic E-state index is 6.22. The van der Waals surface area contributed by atoms with Crippen molar-refractivity contribution in [2.75, 3.05) is 20.3 Å². The van der Waals surface area contributed by atoms with Crippen LogP contribution in [0.25, 0.3) is 0 Å². The first-order chi connectivity index (χ1) is 9.79. The van der Waals surface area contributed by atoms with E-state index in [1.54, 1.807) is 7.11 Å². The van der Waals surface area contributed by atoms with Crippen molar-refractivity contribution in [2.45, 2.75) is 45.3 Å². The number of methoxy groups -OCH3 is 1. The number of para-hydroxylation sites is 1. The number of nitrogens with one attached hydrogen (secondary N) is 1. The summed E-state index contributed by atoms with van der Waals surface area (Å²) in [4.78, 5) is 0. The van der Waals surface area contributed by atoms with Gasteiger partial charge in [-0.05, 0) is 37.7 Å². The fourth-order valence-corrected chi connectivity index (χ4v) is 2.69. The predicted octanol–water partition coefficient (Wildman–Crippen LogP) is 3.38. The molecule has 1 aliphatic rings. The Balaban J connectivity index is 1.86. The third-order valence-corrected chi connectivity index (χ3v) is 4.03. The highest BCUT2D eigenvalue weighted by atomic mass is 16.5. The van der Waals surface area contributed by atoms with Crippen LogP contribution in [0.3, 0.4) is 0 Å². The topological polar surface area (TPSA) is 30.5 Å². The summed E-state index contributed by atoms with van der Waals surface area (Å²) >= 11 is 0. The molecule has 0 heterocycles. The third-order valence-electron chi connectivity index (χ3n) is 4.03. The Labute approximate surface area is 122 Å². The summed E-state index contributed by atoms with van der Waals surface area (Å²) in [7, 11) is 1.73. The van der Waals surface area contributed by atoms with Gasteiger partial charge in [0.25, 0.3) is 0 Å². The van der Waals surface area contributed by atoms with Crippen LogP contribution in [-0.4, -0.2) is 26.4 Å². The van der Waals surface area contributed by atoms with Crippen LogP contribution in [0.15, 0.2) is 24.3 Å². The molecular weight excluding hydrogens is 250 g/mol. The van der Waals surface area contributed by atoms with Gasteiger partial charge in [-0.2, -0.15) is 0 Å². The van der Waals surface area contributed by atoms with Gasteiger partial charge in [-0.25, -0.2) is 0 Å². The average Bonchev–Trinajstić information content (AvgIpc) is 2.47. The van der Waals surface area contributed by atoms with Gasteiger partial charge in [0.05, 0.1) is 12.7 Å². The van der Waals surface area contributed by atoms with E-state index in [9.17, 15) is 0 Å². The summed E-state index contributed by atoms with van der Waals surface area (Å²) in [5.74, 6) is 1.90. The largest absolute Gasteiger partial charge is 0.490 e. The first-order valence-electron chi connectivity index (χ1n) is 7.74. The minimum atomic E-state index is 0.395. The lowest BCUT2D eigenvalue weighted by Crippen LogP contribution is -2.24. The average molecular weight is 277 g/mol. The summed E-state index contributed by atoms with van der Waals surface area (Å²) < 4.78 is 11.3. The number of rotatable bonds is 7. The Bertz CT molecular complexity index is 386. The Kier molecular flexibility index (Phi) is 6.34. The highest BCUT2D eigenvalue weighted by Crippen LogP contribution is 2.28. The van der Waals surface area contributed by atoms with Crippen molar-refractivity contribution < 1.29 is 9.47 Å². The van der Waals surface area contributed by atoms with Gasteiger partial charge in [0.15, 0.2) is 0 Å². The molecule has 0 atom stereocenters. The summed E-state index contributed by atoms with van der Waals surface area (Å²) in [5, 5.41) is 3.38. The zero-order valence-electron chi connectivity index (χ0n) is 12.7. The van der Waals surface area contributed by atoms with Gasteiger partial charge < -0.3 is 14.8 Å². The Morgan fingerprint density at radius 1 is 1.15 bits per heavy atom. The van der Waals surface area contributed by atoms with Gasteiger partial charge in [-0.15, -0.1) is 0 Å². The summed E-state index contributed by atoms with van der Waals surface area (Å²) in [6.07, 6.45) is 5.35. The normalized spacial score (nSPS) is 22.7. The minimum Gasteiger partial charge on any atom is -0.490 e. The molecule has 1 saturated carbocycles. The Hall–Kier alpha value is -1.06. The monoisotopic (exact) mass is 277 g/mol. The standard InChI is InChI=1S/C17H27NO2/c1-14-7-9-16(10-8-14)20-17-6-4-3-5-15(17)13-18-11-12-19-2/h3-6,14,16,18H,7-13H2,1-2H3. The van der Waals surface area contributed by atoms with Crippen LogP contribution < -0.4 is 10.1 Å². The van der Waals surface area contributed by atoms with E-state index >= 15 is 0 Å². The van der Waals surface area contributed by atoms with Crippen LogP contribution in [0.1, 0.15) is 38.2 Å². The lowest BCUT2D eigenvalue weighted by atomic mass is 9.89. The zero-order valence-corrected chi connectivity index (χ0v) is 12.7. The van der Waals surface area contributed by atoms with Gasteiger partial charge in [0, 0.05) is 25.8 Å². The van der Waals surface area contributed by atoms with E-state index in [4.69, 9.17) is 9.47 Å². The van der Waals surface area contributed by atoms with E-state index in [-0.39, 0.29) is 0 Å². The molecule has 2 rings (SSSR count). The van der Waals surface area contributed by atoms with Crippen molar-refractivity contribution >= 4 is 0 Å². The molecule has 1 N–H and O–H groups in total. The first kappa shape index (κ1) is 15.3. The maximum absolute atomic E-state index is 6.22. The van der Waals surface area contributed by atoms with Crippen molar-refractivity contribution in [1.29, 1.82) is 0 Å². The van der Waals surface area contributed by atoms with Crippen LogP contribution in [0.4, 0.5) is 0 Å². The van der Waals surface area contributed by atoms with Gasteiger partial charge in [-0.1, -0.05) is 25.1 Å². The zero-order chi connectivity index (χ0) is 14.2. The molecule has 0 saturated heterocycles. The smallest absolute Gasteiger partial charge is 0.124 e. The molecule has 0 aromatic heterocycles. The summed E-state index contributed by atoms with van der Waals surface area (Å²) in [5.41, 5.74) is 1.24. The molecule has 0 bridgehead atoms. The van der Waals surface area contributed by atoms with Gasteiger partial charge in [-0.3, -0.25) is 0 Å². The molecule has 1 fully saturated rings. The summed E-state index contributed by atoms with van der Waals surface area (Å²) in [6, 6.07) is 8.36. The molecule has 3 nitrogen and oxygen atoms in total. The van der Waals surface area contributed by atoms with Gasteiger partial charge in [0.1, 0.15) is 5.75 Å². The first-order valence-corrected chi connectivity index (χ1v) is 7.74. The molecule has 0 amide bonds. The molecule has 112 valence electrons. The molecule has 3 heteroatoms. The molecule has 0 radical (unpaired) electrons. The van der Waals surface area contributed by atoms with E-state index in [1.165, 1.54) is 31.2 Å². The Morgan fingerprint density at radius 2 is 1.90 bits per heavy atom. The van der Waals surface area contributed by atoms with E-state index in [1.807, 2.05) is 0 Å². The summed E-state index contributed by atoms with van der Waals surface area (Å²) in [6.45, 7) is 4.78. The number of hydrogen-bond donors (Lipinski definition) is 1. The molecule has 1 aromatic rings. The quantitative estimate of drug-likeness (QED) is 0.775. The molecule has 1 aromatic carbocycles. The van der Waals surface area contributed by atoms with Crippen molar-refractivity contribution in [3.63, 3.8) is 0 Å². The Morgan fingerprint density at radius 3 is 2.65 bits per heavy atom. The van der Waals surface area contributed by atoms with E-state index in [0.29, 0.717) is 6.10 Å². The highest BCUT2D eigenvalue weighted by molar-refractivity contribution is 5.33. The minimum absolute atomic E-state index is 0.395. The molecule has 0 unspecified atom stereocenters.